The summed E-state index contributed by atoms with van der Waals surface area (Å²) >= 11 is 0. The normalized spacial score (nSPS) is 21.0. The maximum absolute atomic E-state index is 8.99. The molecule has 1 rings (SSSR count). The predicted molar refractivity (Wildman–Crippen MR) is 73.2 cm³/mol. The highest BCUT2D eigenvalue weighted by atomic mass is 16.3. The van der Waals surface area contributed by atoms with Crippen molar-refractivity contribution >= 4 is 0 Å². The molecular formula is C14H30N2O. The van der Waals surface area contributed by atoms with Crippen LogP contribution in [0.5, 0.6) is 0 Å². The average molecular weight is 242 g/mol. The van der Waals surface area contributed by atoms with Crippen LogP contribution in [0.1, 0.15) is 46.5 Å². The lowest BCUT2D eigenvalue weighted by molar-refractivity contribution is 0.168. The molecule has 0 amide bonds. The Morgan fingerprint density at radius 3 is 2.41 bits per heavy atom. The minimum Gasteiger partial charge on any atom is -0.396 e. The van der Waals surface area contributed by atoms with Crippen LogP contribution in [0, 0.1) is 5.92 Å². The van der Waals surface area contributed by atoms with Crippen molar-refractivity contribution in [2.75, 3.05) is 26.2 Å². The Labute approximate surface area is 107 Å². The smallest absolute Gasteiger partial charge is 0.0445 e. The number of rotatable bonds is 7. The number of nitrogens with zero attached hydrogens (tertiary/aromatic N) is 1. The van der Waals surface area contributed by atoms with Gasteiger partial charge < -0.3 is 15.3 Å². The van der Waals surface area contributed by atoms with E-state index in [1.54, 1.807) is 0 Å². The Balaban J connectivity index is 2.22. The van der Waals surface area contributed by atoms with Crippen molar-refractivity contribution in [1.29, 1.82) is 0 Å². The van der Waals surface area contributed by atoms with E-state index in [1.807, 2.05) is 0 Å². The summed E-state index contributed by atoms with van der Waals surface area (Å²) in [5.41, 5.74) is 0. The number of nitrogens with one attached hydrogen (secondary N) is 1. The first-order valence-electron chi connectivity index (χ1n) is 7.25. The van der Waals surface area contributed by atoms with Crippen LogP contribution < -0.4 is 5.32 Å². The van der Waals surface area contributed by atoms with E-state index in [-0.39, 0.29) is 0 Å². The van der Waals surface area contributed by atoms with E-state index in [1.165, 1.54) is 32.5 Å². The summed E-state index contributed by atoms with van der Waals surface area (Å²) in [6.07, 6.45) is 4.53. The highest BCUT2D eigenvalue weighted by Gasteiger charge is 2.21. The molecule has 3 heteroatoms. The molecule has 0 bridgehead atoms. The zero-order valence-corrected chi connectivity index (χ0v) is 11.8. The zero-order valence-electron chi connectivity index (χ0n) is 11.8. The lowest BCUT2D eigenvalue weighted by atomic mass is 10.0. The Morgan fingerprint density at radius 2 is 1.94 bits per heavy atom. The van der Waals surface area contributed by atoms with Gasteiger partial charge in [-0.05, 0) is 44.7 Å². The van der Waals surface area contributed by atoms with Gasteiger partial charge in [0.1, 0.15) is 0 Å². The molecule has 1 aliphatic rings. The fourth-order valence-corrected chi connectivity index (χ4v) is 2.69. The van der Waals surface area contributed by atoms with Gasteiger partial charge in [0.05, 0.1) is 0 Å². The zero-order chi connectivity index (χ0) is 12.7. The maximum atomic E-state index is 8.99. The number of aliphatic hydroxyl groups is 1. The molecule has 1 heterocycles. The molecule has 0 aromatic carbocycles. The van der Waals surface area contributed by atoms with E-state index in [0.717, 1.165) is 18.8 Å². The van der Waals surface area contributed by atoms with E-state index in [2.05, 4.69) is 31.0 Å². The third-order valence-corrected chi connectivity index (χ3v) is 3.65. The summed E-state index contributed by atoms with van der Waals surface area (Å²) < 4.78 is 0. The van der Waals surface area contributed by atoms with Gasteiger partial charge in [-0.3, -0.25) is 0 Å². The maximum Gasteiger partial charge on any atom is 0.0445 e. The highest BCUT2D eigenvalue weighted by molar-refractivity contribution is 4.80. The van der Waals surface area contributed by atoms with Crippen LogP contribution in [0.25, 0.3) is 0 Å². The molecular weight excluding hydrogens is 212 g/mol. The summed E-state index contributed by atoms with van der Waals surface area (Å²) in [6, 6.07) is 1.16. The van der Waals surface area contributed by atoms with Gasteiger partial charge in [0.15, 0.2) is 0 Å². The summed E-state index contributed by atoms with van der Waals surface area (Å²) in [6.45, 7) is 10.8. The van der Waals surface area contributed by atoms with Gasteiger partial charge in [0, 0.05) is 25.2 Å². The van der Waals surface area contributed by atoms with E-state index in [9.17, 15) is 0 Å². The molecule has 1 unspecified atom stereocenters. The monoisotopic (exact) mass is 242 g/mol. The third kappa shape index (κ3) is 5.84. The first-order chi connectivity index (χ1) is 8.15. The fourth-order valence-electron chi connectivity index (χ4n) is 2.69. The molecule has 0 spiro atoms. The topological polar surface area (TPSA) is 35.5 Å². The number of likely N-dealkylation sites (tertiary alicyclic amines) is 1. The lowest BCUT2D eigenvalue weighted by Crippen LogP contribution is -2.47. The second-order valence-electron chi connectivity index (χ2n) is 5.75. The molecule has 0 aromatic rings. The van der Waals surface area contributed by atoms with E-state index in [4.69, 9.17) is 5.11 Å². The predicted octanol–water partition coefficient (Wildman–Crippen LogP) is 1.86. The second-order valence-corrected chi connectivity index (χ2v) is 5.75. The van der Waals surface area contributed by atoms with Crippen molar-refractivity contribution in [3.8, 4) is 0 Å². The second kappa shape index (κ2) is 8.06. The number of hydrogen-bond acceptors (Lipinski definition) is 3. The molecule has 0 radical (unpaired) electrons. The number of aliphatic hydroxyl groups excluding tert-OH is 1. The van der Waals surface area contributed by atoms with Crippen molar-refractivity contribution in [3.05, 3.63) is 0 Å². The molecule has 17 heavy (non-hydrogen) atoms. The molecule has 102 valence electrons. The van der Waals surface area contributed by atoms with Crippen LogP contribution >= 0.6 is 0 Å². The summed E-state index contributed by atoms with van der Waals surface area (Å²) in [5, 5.41) is 12.7. The van der Waals surface area contributed by atoms with Crippen LogP contribution in [-0.4, -0.2) is 48.3 Å². The Hall–Kier alpha value is -0.120. The molecule has 0 aromatic heterocycles. The molecule has 0 aliphatic carbocycles. The SMILES string of the molecule is CCC(CCO)NC1CCN(CC(C)C)CC1. The number of piperidine rings is 1. The molecule has 1 atom stereocenters. The van der Waals surface area contributed by atoms with Gasteiger partial charge in [0.25, 0.3) is 0 Å². The van der Waals surface area contributed by atoms with E-state index in [0.29, 0.717) is 18.7 Å². The van der Waals surface area contributed by atoms with Crippen molar-refractivity contribution in [2.45, 2.75) is 58.5 Å². The average Bonchev–Trinajstić information content (AvgIpc) is 2.30. The fraction of sp³-hybridized carbons (Fsp3) is 1.00. The van der Waals surface area contributed by atoms with Crippen LogP contribution in [0.4, 0.5) is 0 Å². The van der Waals surface area contributed by atoms with Crippen molar-refractivity contribution in [3.63, 3.8) is 0 Å². The lowest BCUT2D eigenvalue weighted by Gasteiger charge is -2.35. The number of hydrogen-bond donors (Lipinski definition) is 2. The molecule has 3 nitrogen and oxygen atoms in total. The van der Waals surface area contributed by atoms with E-state index >= 15 is 0 Å². The minimum atomic E-state index is 0.303. The molecule has 0 saturated carbocycles. The van der Waals surface area contributed by atoms with Crippen molar-refractivity contribution in [2.24, 2.45) is 5.92 Å². The van der Waals surface area contributed by atoms with Gasteiger partial charge in [0.2, 0.25) is 0 Å². The Kier molecular flexibility index (Phi) is 7.09. The summed E-state index contributed by atoms with van der Waals surface area (Å²) in [5.74, 6) is 0.775. The van der Waals surface area contributed by atoms with Crippen LogP contribution in [0.2, 0.25) is 0 Å². The summed E-state index contributed by atoms with van der Waals surface area (Å²) in [7, 11) is 0. The van der Waals surface area contributed by atoms with Gasteiger partial charge in [-0.15, -0.1) is 0 Å². The summed E-state index contributed by atoms with van der Waals surface area (Å²) in [4.78, 5) is 2.58. The van der Waals surface area contributed by atoms with E-state index < -0.39 is 0 Å². The third-order valence-electron chi connectivity index (χ3n) is 3.65. The van der Waals surface area contributed by atoms with Crippen LogP contribution in [-0.2, 0) is 0 Å². The van der Waals surface area contributed by atoms with Gasteiger partial charge in [-0.2, -0.15) is 0 Å². The highest BCUT2D eigenvalue weighted by Crippen LogP contribution is 2.13. The molecule has 1 fully saturated rings. The van der Waals surface area contributed by atoms with Gasteiger partial charge >= 0.3 is 0 Å². The largest absolute Gasteiger partial charge is 0.396 e. The molecule has 1 aliphatic heterocycles. The first kappa shape index (κ1) is 14.9. The van der Waals surface area contributed by atoms with Crippen molar-refractivity contribution in [1.82, 2.24) is 10.2 Å². The van der Waals surface area contributed by atoms with Gasteiger partial charge in [-0.1, -0.05) is 20.8 Å². The van der Waals surface area contributed by atoms with Crippen LogP contribution in [0.3, 0.4) is 0 Å². The Morgan fingerprint density at radius 1 is 1.29 bits per heavy atom. The van der Waals surface area contributed by atoms with Crippen LogP contribution in [0.15, 0.2) is 0 Å². The minimum absolute atomic E-state index is 0.303. The Bertz CT molecular complexity index is 189. The molecule has 1 saturated heterocycles. The van der Waals surface area contributed by atoms with Gasteiger partial charge in [-0.25, -0.2) is 0 Å². The molecule has 2 N–H and O–H groups in total. The van der Waals surface area contributed by atoms with Crippen molar-refractivity contribution < 1.29 is 5.11 Å². The standard InChI is InChI=1S/C14H30N2O/c1-4-13(7-10-17)15-14-5-8-16(9-6-14)11-12(2)3/h12-15,17H,4-11H2,1-3H3. The quantitative estimate of drug-likeness (QED) is 0.715. The first-order valence-corrected chi connectivity index (χ1v) is 7.25.